The fourth-order valence-electron chi connectivity index (χ4n) is 3.76. The van der Waals surface area contributed by atoms with E-state index >= 15 is 0 Å². The van der Waals surface area contributed by atoms with Crippen molar-refractivity contribution in [3.05, 3.63) is 53.1 Å². The van der Waals surface area contributed by atoms with E-state index in [1.807, 2.05) is 10.7 Å². The first-order valence-corrected chi connectivity index (χ1v) is 9.37. The Hall–Kier alpha value is -2.21. The molecule has 1 aliphatic heterocycles. The molecule has 1 amide bonds. The predicted octanol–water partition coefficient (Wildman–Crippen LogP) is 2.83. The fourth-order valence-corrected chi connectivity index (χ4v) is 3.76. The third-order valence-electron chi connectivity index (χ3n) is 5.58. The van der Waals surface area contributed by atoms with Crippen molar-refractivity contribution in [1.82, 2.24) is 14.7 Å². The summed E-state index contributed by atoms with van der Waals surface area (Å²) in [5.74, 6) is -0.106. The Morgan fingerprint density at radius 2 is 2.08 bits per heavy atom. The van der Waals surface area contributed by atoms with Crippen LogP contribution in [0.4, 0.5) is 4.39 Å². The van der Waals surface area contributed by atoms with Crippen molar-refractivity contribution in [2.75, 3.05) is 6.54 Å². The van der Waals surface area contributed by atoms with Gasteiger partial charge in [0.2, 0.25) is 5.91 Å². The molecule has 2 aromatic rings. The van der Waals surface area contributed by atoms with Gasteiger partial charge in [-0.05, 0) is 42.9 Å². The number of carbonyl (C=O) groups excluding carboxylic acids is 1. The molecular weight excluding hydrogens is 333 g/mol. The number of hydrogen-bond donors (Lipinski definition) is 1. The standard InChI is InChI=1S/C20H24FN3O2/c21-17-8-2-1-5-15(17)11-19(25)23-9-4-10-24-16(13-23)12-18(22-24)20(26)14-6-3-7-14/h1-2,5,8,12,14,20,26H,3-4,6-7,9-11,13H2. The highest BCUT2D eigenvalue weighted by Crippen LogP contribution is 2.37. The lowest BCUT2D eigenvalue weighted by Gasteiger charge is -2.29. The van der Waals surface area contributed by atoms with Gasteiger partial charge in [-0.1, -0.05) is 24.6 Å². The van der Waals surface area contributed by atoms with Crippen LogP contribution >= 0.6 is 0 Å². The van der Waals surface area contributed by atoms with Gasteiger partial charge in [0.05, 0.1) is 24.4 Å². The van der Waals surface area contributed by atoms with Gasteiger partial charge in [-0.2, -0.15) is 5.10 Å². The zero-order chi connectivity index (χ0) is 18.1. The zero-order valence-corrected chi connectivity index (χ0v) is 14.8. The summed E-state index contributed by atoms with van der Waals surface area (Å²) in [6, 6.07) is 8.34. The molecule has 1 saturated carbocycles. The Morgan fingerprint density at radius 1 is 1.27 bits per heavy atom. The minimum absolute atomic E-state index is 0.0678. The van der Waals surface area contributed by atoms with Gasteiger partial charge < -0.3 is 10.0 Å². The highest BCUT2D eigenvalue weighted by atomic mass is 19.1. The SMILES string of the molecule is O=C(Cc1ccccc1F)N1CCCn2nc(C(O)C3CCC3)cc2C1. The minimum atomic E-state index is -0.509. The van der Waals surface area contributed by atoms with E-state index in [0.29, 0.717) is 30.3 Å². The van der Waals surface area contributed by atoms with Crippen molar-refractivity contribution < 1.29 is 14.3 Å². The Kier molecular flexibility index (Phi) is 4.76. The lowest BCUT2D eigenvalue weighted by Crippen LogP contribution is -2.32. The molecule has 6 heteroatoms. The normalized spacial score (nSPS) is 18.8. The second-order valence-electron chi connectivity index (χ2n) is 7.36. The van der Waals surface area contributed by atoms with Gasteiger partial charge in [-0.25, -0.2) is 4.39 Å². The third kappa shape index (κ3) is 3.38. The van der Waals surface area contributed by atoms with Crippen LogP contribution in [-0.2, 0) is 24.3 Å². The van der Waals surface area contributed by atoms with Crippen molar-refractivity contribution in [2.24, 2.45) is 5.92 Å². The minimum Gasteiger partial charge on any atom is -0.386 e. The largest absolute Gasteiger partial charge is 0.386 e. The molecule has 1 fully saturated rings. The maximum absolute atomic E-state index is 13.8. The van der Waals surface area contributed by atoms with Crippen LogP contribution in [0.15, 0.2) is 30.3 Å². The molecule has 0 spiro atoms. The van der Waals surface area contributed by atoms with E-state index in [-0.39, 0.29) is 18.1 Å². The Bertz CT molecular complexity index is 800. The summed E-state index contributed by atoms with van der Waals surface area (Å²) in [5, 5.41) is 15.0. The molecule has 1 aromatic carbocycles. The quantitative estimate of drug-likeness (QED) is 0.915. The number of benzene rings is 1. The van der Waals surface area contributed by atoms with Crippen LogP contribution < -0.4 is 0 Å². The predicted molar refractivity (Wildman–Crippen MR) is 94.7 cm³/mol. The van der Waals surface area contributed by atoms with Crippen LogP contribution in [0.1, 0.15) is 48.7 Å². The van der Waals surface area contributed by atoms with E-state index in [2.05, 4.69) is 5.10 Å². The fraction of sp³-hybridized carbons (Fsp3) is 0.500. The van der Waals surface area contributed by atoms with Crippen LogP contribution in [-0.4, -0.2) is 32.2 Å². The van der Waals surface area contributed by atoms with E-state index < -0.39 is 6.10 Å². The maximum atomic E-state index is 13.8. The first-order chi connectivity index (χ1) is 12.6. The Balaban J connectivity index is 1.47. The smallest absolute Gasteiger partial charge is 0.227 e. The van der Waals surface area contributed by atoms with E-state index in [1.165, 1.54) is 12.5 Å². The van der Waals surface area contributed by atoms with Gasteiger partial charge in [0.25, 0.3) is 0 Å². The number of carbonyl (C=O) groups is 1. The van der Waals surface area contributed by atoms with Crippen LogP contribution in [0.3, 0.4) is 0 Å². The Labute approximate surface area is 152 Å². The third-order valence-corrected chi connectivity index (χ3v) is 5.58. The van der Waals surface area contributed by atoms with Crippen LogP contribution in [0.25, 0.3) is 0 Å². The molecule has 1 N–H and O–H groups in total. The van der Waals surface area contributed by atoms with Crippen LogP contribution in [0.2, 0.25) is 0 Å². The maximum Gasteiger partial charge on any atom is 0.227 e. The summed E-state index contributed by atoms with van der Waals surface area (Å²) in [7, 11) is 0. The van der Waals surface area contributed by atoms with E-state index in [4.69, 9.17) is 0 Å². The molecule has 1 atom stereocenters. The average Bonchev–Trinajstić information content (AvgIpc) is 2.87. The zero-order valence-electron chi connectivity index (χ0n) is 14.8. The first kappa shape index (κ1) is 17.2. The second kappa shape index (κ2) is 7.19. The summed E-state index contributed by atoms with van der Waals surface area (Å²) >= 11 is 0. The number of rotatable bonds is 4. The molecule has 2 aliphatic rings. The number of fused-ring (bicyclic) bond motifs is 1. The molecule has 2 heterocycles. The molecule has 0 bridgehead atoms. The van der Waals surface area contributed by atoms with Crippen molar-refractivity contribution >= 4 is 5.91 Å². The number of aliphatic hydroxyl groups excluding tert-OH is 1. The van der Waals surface area contributed by atoms with Gasteiger partial charge >= 0.3 is 0 Å². The van der Waals surface area contributed by atoms with E-state index in [9.17, 15) is 14.3 Å². The topological polar surface area (TPSA) is 58.4 Å². The summed E-state index contributed by atoms with van der Waals surface area (Å²) in [6.45, 7) is 1.82. The number of aromatic nitrogens is 2. The van der Waals surface area contributed by atoms with Crippen molar-refractivity contribution in [3.8, 4) is 0 Å². The van der Waals surface area contributed by atoms with E-state index in [0.717, 1.165) is 31.5 Å². The van der Waals surface area contributed by atoms with Crippen LogP contribution in [0, 0.1) is 11.7 Å². The summed E-state index contributed by atoms with van der Waals surface area (Å²) in [5.41, 5.74) is 2.09. The number of halogens is 1. The number of nitrogens with zero attached hydrogens (tertiary/aromatic N) is 3. The van der Waals surface area contributed by atoms with Crippen molar-refractivity contribution in [1.29, 1.82) is 0 Å². The van der Waals surface area contributed by atoms with Gasteiger partial charge in [-0.3, -0.25) is 9.48 Å². The summed E-state index contributed by atoms with van der Waals surface area (Å²) in [4.78, 5) is 14.4. The van der Waals surface area contributed by atoms with Gasteiger partial charge in [0, 0.05) is 13.1 Å². The second-order valence-corrected chi connectivity index (χ2v) is 7.36. The number of amides is 1. The lowest BCUT2D eigenvalue weighted by atomic mass is 9.80. The highest BCUT2D eigenvalue weighted by Gasteiger charge is 2.30. The Morgan fingerprint density at radius 3 is 2.81 bits per heavy atom. The van der Waals surface area contributed by atoms with Gasteiger partial charge in [0.15, 0.2) is 0 Å². The lowest BCUT2D eigenvalue weighted by molar-refractivity contribution is -0.131. The molecule has 1 unspecified atom stereocenters. The monoisotopic (exact) mass is 357 g/mol. The molecule has 26 heavy (non-hydrogen) atoms. The average molecular weight is 357 g/mol. The molecule has 0 saturated heterocycles. The van der Waals surface area contributed by atoms with Gasteiger partial charge in [-0.15, -0.1) is 0 Å². The van der Waals surface area contributed by atoms with Crippen LogP contribution in [0.5, 0.6) is 0 Å². The molecule has 0 radical (unpaired) electrons. The number of aryl methyl sites for hydroxylation is 1. The summed E-state index contributed by atoms with van der Waals surface area (Å²) in [6.07, 6.45) is 3.64. The first-order valence-electron chi connectivity index (χ1n) is 9.37. The number of hydrogen-bond acceptors (Lipinski definition) is 3. The highest BCUT2D eigenvalue weighted by molar-refractivity contribution is 5.78. The molecule has 5 nitrogen and oxygen atoms in total. The molecule has 1 aliphatic carbocycles. The molecular formula is C20H24FN3O2. The molecule has 138 valence electrons. The van der Waals surface area contributed by atoms with Crippen molar-refractivity contribution in [3.63, 3.8) is 0 Å². The summed E-state index contributed by atoms with van der Waals surface area (Å²) < 4.78 is 15.7. The van der Waals surface area contributed by atoms with E-state index in [1.54, 1.807) is 23.1 Å². The number of aliphatic hydroxyl groups is 1. The van der Waals surface area contributed by atoms with Crippen molar-refractivity contribution in [2.45, 2.75) is 51.3 Å². The molecule has 4 rings (SSSR count). The molecule has 1 aromatic heterocycles. The van der Waals surface area contributed by atoms with Gasteiger partial charge in [0.1, 0.15) is 11.9 Å².